The molecule has 1 saturated heterocycles. The number of alkyl halides is 3. The van der Waals surface area contributed by atoms with Gasteiger partial charge in [0.15, 0.2) is 5.41 Å². The number of carboxylic acid groups (broad SMARTS) is 1. The Morgan fingerprint density at radius 2 is 2.15 bits per heavy atom. The lowest BCUT2D eigenvalue weighted by Gasteiger charge is -2.26. The summed E-state index contributed by atoms with van der Waals surface area (Å²) < 4.78 is 63.4. The molecule has 0 amide bonds. The average molecular weight is 313 g/mol. The molecule has 1 aromatic heterocycles. The van der Waals surface area contributed by atoms with Gasteiger partial charge in [0.25, 0.3) is 0 Å². The van der Waals surface area contributed by atoms with Gasteiger partial charge in [-0.3, -0.25) is 9.89 Å². The summed E-state index contributed by atoms with van der Waals surface area (Å²) in [5, 5.41) is 14.5. The lowest BCUT2D eigenvalue weighted by atomic mass is 9.86. The third kappa shape index (κ3) is 2.06. The molecule has 0 spiro atoms. The first-order chi connectivity index (χ1) is 9.11. The number of nitrogens with one attached hydrogen (secondary N) is 1. The molecule has 1 aliphatic heterocycles. The molecule has 7 nitrogen and oxygen atoms in total. The number of hydrogen-bond donors (Lipinski definition) is 2. The van der Waals surface area contributed by atoms with Gasteiger partial charge < -0.3 is 5.11 Å². The highest BCUT2D eigenvalue weighted by Crippen LogP contribution is 2.46. The van der Waals surface area contributed by atoms with Crippen LogP contribution >= 0.6 is 0 Å². The number of carboxylic acids is 1. The van der Waals surface area contributed by atoms with Crippen LogP contribution < -0.4 is 0 Å². The van der Waals surface area contributed by atoms with Crippen molar-refractivity contribution >= 4 is 16.0 Å². The Bertz CT molecular complexity index is 613. The maximum Gasteiger partial charge on any atom is 0.406 e. The Morgan fingerprint density at radius 3 is 2.55 bits per heavy atom. The van der Waals surface area contributed by atoms with Crippen LogP contribution in [0, 0.1) is 5.41 Å². The number of nitrogens with zero attached hydrogens (tertiary/aromatic N) is 2. The zero-order valence-electron chi connectivity index (χ0n) is 9.88. The molecule has 11 heteroatoms. The van der Waals surface area contributed by atoms with Crippen molar-refractivity contribution in [2.75, 3.05) is 13.1 Å². The minimum absolute atomic E-state index is 0.305. The van der Waals surface area contributed by atoms with E-state index in [1.807, 2.05) is 0 Å². The molecule has 0 saturated carbocycles. The van der Waals surface area contributed by atoms with Crippen molar-refractivity contribution in [1.82, 2.24) is 14.5 Å². The van der Waals surface area contributed by atoms with Gasteiger partial charge in [0.2, 0.25) is 10.0 Å². The van der Waals surface area contributed by atoms with Gasteiger partial charge >= 0.3 is 12.1 Å². The largest absolute Gasteiger partial charge is 0.481 e. The molecule has 1 unspecified atom stereocenters. The van der Waals surface area contributed by atoms with Crippen LogP contribution in [0.1, 0.15) is 6.42 Å². The van der Waals surface area contributed by atoms with Crippen LogP contribution in [0.15, 0.2) is 17.3 Å². The summed E-state index contributed by atoms with van der Waals surface area (Å²) in [6.45, 7) is -1.65. The summed E-state index contributed by atoms with van der Waals surface area (Å²) in [7, 11) is -4.18. The van der Waals surface area contributed by atoms with Gasteiger partial charge in [-0.1, -0.05) is 0 Å². The van der Waals surface area contributed by atoms with Crippen molar-refractivity contribution in [3.63, 3.8) is 0 Å². The van der Waals surface area contributed by atoms with Crippen molar-refractivity contribution in [1.29, 1.82) is 0 Å². The highest BCUT2D eigenvalue weighted by molar-refractivity contribution is 7.89. The van der Waals surface area contributed by atoms with E-state index in [9.17, 15) is 26.4 Å². The van der Waals surface area contributed by atoms with E-state index in [1.54, 1.807) is 0 Å². The first-order valence-corrected chi connectivity index (χ1v) is 6.84. The van der Waals surface area contributed by atoms with E-state index in [-0.39, 0.29) is 4.90 Å². The molecule has 2 rings (SSSR count). The SMILES string of the molecule is O=C(O)C1(C(F)(F)F)CCN(S(=O)(=O)c2cn[nH]c2)C1. The van der Waals surface area contributed by atoms with Crippen LogP contribution in [-0.4, -0.2) is 53.3 Å². The average Bonchev–Trinajstić information content (AvgIpc) is 2.99. The summed E-state index contributed by atoms with van der Waals surface area (Å²) in [5.41, 5.74) is -3.07. The molecule has 0 aromatic carbocycles. The van der Waals surface area contributed by atoms with Crippen molar-refractivity contribution in [2.45, 2.75) is 17.5 Å². The van der Waals surface area contributed by atoms with Crippen molar-refractivity contribution in [3.8, 4) is 0 Å². The van der Waals surface area contributed by atoms with Crippen LogP contribution in [0.5, 0.6) is 0 Å². The van der Waals surface area contributed by atoms with Gasteiger partial charge in [-0.25, -0.2) is 8.42 Å². The molecule has 0 bridgehead atoms. The van der Waals surface area contributed by atoms with Crippen LogP contribution in [0.3, 0.4) is 0 Å². The van der Waals surface area contributed by atoms with Gasteiger partial charge in [0.1, 0.15) is 4.90 Å². The van der Waals surface area contributed by atoms with E-state index < -0.39 is 47.1 Å². The maximum absolute atomic E-state index is 12.9. The minimum Gasteiger partial charge on any atom is -0.481 e. The molecule has 1 fully saturated rings. The molecule has 1 aliphatic rings. The molecular formula is C9H10F3N3O4S. The Morgan fingerprint density at radius 1 is 1.50 bits per heavy atom. The highest BCUT2D eigenvalue weighted by atomic mass is 32.2. The molecule has 1 aromatic rings. The lowest BCUT2D eigenvalue weighted by Crippen LogP contribution is -2.47. The molecule has 112 valence electrons. The molecule has 2 N–H and O–H groups in total. The number of sulfonamides is 1. The number of carbonyl (C=O) groups is 1. The summed E-state index contributed by atoms with van der Waals surface area (Å²) >= 11 is 0. The first kappa shape index (κ1) is 14.8. The monoisotopic (exact) mass is 313 g/mol. The zero-order valence-corrected chi connectivity index (χ0v) is 10.7. The Hall–Kier alpha value is -1.62. The van der Waals surface area contributed by atoms with Gasteiger partial charge in [-0.05, 0) is 6.42 Å². The van der Waals surface area contributed by atoms with E-state index >= 15 is 0 Å². The fraction of sp³-hybridized carbons (Fsp3) is 0.556. The standard InChI is InChI=1S/C9H10F3N3O4S/c10-9(11,12)8(7(16)17)1-2-15(5-8)20(18,19)6-3-13-14-4-6/h3-4H,1-2,5H2,(H,13,14)(H,16,17). The normalized spacial score (nSPS) is 24.9. The van der Waals surface area contributed by atoms with E-state index in [0.29, 0.717) is 4.31 Å². The second-order valence-corrected chi connectivity index (χ2v) is 6.35. The molecule has 0 aliphatic carbocycles. The van der Waals surface area contributed by atoms with Crippen LogP contribution in [0.4, 0.5) is 13.2 Å². The quantitative estimate of drug-likeness (QED) is 0.842. The minimum atomic E-state index is -5.03. The second-order valence-electron chi connectivity index (χ2n) is 4.41. The summed E-state index contributed by atoms with van der Waals surface area (Å²) in [6.07, 6.45) is -3.88. The molecule has 2 heterocycles. The molecular weight excluding hydrogens is 303 g/mol. The lowest BCUT2D eigenvalue weighted by molar-refractivity contribution is -0.226. The van der Waals surface area contributed by atoms with Crippen LogP contribution in [-0.2, 0) is 14.8 Å². The third-order valence-corrected chi connectivity index (χ3v) is 5.11. The van der Waals surface area contributed by atoms with Gasteiger partial charge in [0, 0.05) is 19.3 Å². The zero-order chi connectivity index (χ0) is 15.2. The van der Waals surface area contributed by atoms with Crippen molar-refractivity contribution in [2.24, 2.45) is 5.41 Å². The fourth-order valence-corrected chi connectivity index (χ4v) is 3.44. The highest BCUT2D eigenvalue weighted by Gasteiger charge is 2.65. The third-order valence-electron chi connectivity index (χ3n) is 3.30. The topological polar surface area (TPSA) is 103 Å². The number of H-pyrrole nitrogens is 1. The van der Waals surface area contributed by atoms with Crippen molar-refractivity contribution in [3.05, 3.63) is 12.4 Å². The van der Waals surface area contributed by atoms with Crippen LogP contribution in [0.25, 0.3) is 0 Å². The number of hydrogen-bond acceptors (Lipinski definition) is 4. The summed E-state index contributed by atoms with van der Waals surface area (Å²) in [4.78, 5) is 10.7. The Kier molecular flexibility index (Phi) is 3.29. The van der Waals surface area contributed by atoms with Crippen LogP contribution in [0.2, 0.25) is 0 Å². The van der Waals surface area contributed by atoms with E-state index in [4.69, 9.17) is 5.11 Å². The summed E-state index contributed by atoms with van der Waals surface area (Å²) in [6, 6.07) is 0. The van der Waals surface area contributed by atoms with Gasteiger partial charge in [0.05, 0.1) is 6.20 Å². The van der Waals surface area contributed by atoms with Gasteiger partial charge in [-0.2, -0.15) is 22.6 Å². The number of aliphatic carboxylic acids is 1. The predicted octanol–water partition coefficient (Wildman–Crippen LogP) is 0.437. The number of rotatable bonds is 3. The number of aromatic nitrogens is 2. The second kappa shape index (κ2) is 4.45. The Balaban J connectivity index is 2.35. The molecule has 0 radical (unpaired) electrons. The summed E-state index contributed by atoms with van der Waals surface area (Å²) in [5.74, 6) is -2.07. The maximum atomic E-state index is 12.9. The van der Waals surface area contributed by atoms with E-state index in [2.05, 4.69) is 10.2 Å². The molecule has 20 heavy (non-hydrogen) atoms. The van der Waals surface area contributed by atoms with E-state index in [0.717, 1.165) is 12.4 Å². The molecule has 1 atom stereocenters. The smallest absolute Gasteiger partial charge is 0.406 e. The van der Waals surface area contributed by atoms with Crippen molar-refractivity contribution < 1.29 is 31.5 Å². The first-order valence-electron chi connectivity index (χ1n) is 5.40. The fourth-order valence-electron chi connectivity index (χ4n) is 2.04. The number of halogens is 3. The van der Waals surface area contributed by atoms with E-state index in [1.165, 1.54) is 0 Å². The van der Waals surface area contributed by atoms with Gasteiger partial charge in [-0.15, -0.1) is 0 Å². The predicted molar refractivity (Wildman–Crippen MR) is 58.1 cm³/mol. The Labute approximate surface area is 111 Å². The number of aromatic amines is 1.